The molecule has 0 saturated heterocycles. The molecule has 1 aromatic heterocycles. The minimum atomic E-state index is 0. The number of aromatic hydroxyl groups is 1. The van der Waals surface area contributed by atoms with E-state index in [0.29, 0.717) is 5.75 Å². The summed E-state index contributed by atoms with van der Waals surface area (Å²) in [5.41, 5.74) is 2.05. The predicted octanol–water partition coefficient (Wildman–Crippen LogP) is -1.42. The van der Waals surface area contributed by atoms with E-state index in [2.05, 4.69) is 0 Å². The van der Waals surface area contributed by atoms with Gasteiger partial charge in [0.25, 0.3) is 0 Å². The number of pyridine rings is 1. The monoisotopic (exact) mass is 387 g/mol. The highest BCUT2D eigenvalue weighted by atomic mass is 127. The van der Waals surface area contributed by atoms with Gasteiger partial charge >= 0.3 is 0 Å². The molecular formula is C15H18INO3. The highest BCUT2D eigenvalue weighted by Gasteiger charge is 2.00. The Hall–Kier alpha value is -1.60. The van der Waals surface area contributed by atoms with Gasteiger partial charge in [0, 0.05) is 12.1 Å². The Morgan fingerprint density at radius 1 is 1.05 bits per heavy atom. The molecule has 2 aromatic rings. The van der Waals surface area contributed by atoms with E-state index in [1.807, 2.05) is 54.4 Å². The SMILES string of the molecule is COc1ccc(/C=C/c2cc[n+](C)cc2)cc1O.O.[I-]. The van der Waals surface area contributed by atoms with E-state index in [1.165, 1.54) is 7.11 Å². The van der Waals surface area contributed by atoms with Gasteiger partial charge in [-0.25, -0.2) is 4.57 Å². The van der Waals surface area contributed by atoms with Crippen molar-refractivity contribution >= 4 is 12.2 Å². The maximum Gasteiger partial charge on any atom is 0.169 e. The van der Waals surface area contributed by atoms with Crippen LogP contribution in [0.2, 0.25) is 0 Å². The van der Waals surface area contributed by atoms with Crippen LogP contribution in [0.25, 0.3) is 12.2 Å². The molecule has 0 aliphatic rings. The number of aromatic nitrogens is 1. The number of phenolic OH excluding ortho intramolecular Hbond substituents is 1. The van der Waals surface area contributed by atoms with Crippen molar-refractivity contribution in [2.75, 3.05) is 7.11 Å². The fourth-order valence-corrected chi connectivity index (χ4v) is 1.63. The molecule has 0 amide bonds. The molecule has 0 aliphatic carbocycles. The van der Waals surface area contributed by atoms with Crippen molar-refractivity contribution in [1.82, 2.24) is 0 Å². The normalized spacial score (nSPS) is 9.70. The first kappa shape index (κ1) is 18.4. The Kier molecular flexibility index (Phi) is 7.86. The third kappa shape index (κ3) is 4.82. The van der Waals surface area contributed by atoms with Gasteiger partial charge in [-0.3, -0.25) is 0 Å². The lowest BCUT2D eigenvalue weighted by molar-refractivity contribution is -0.671. The van der Waals surface area contributed by atoms with Crippen LogP contribution in [0.4, 0.5) is 0 Å². The summed E-state index contributed by atoms with van der Waals surface area (Å²) in [6.07, 6.45) is 7.94. The van der Waals surface area contributed by atoms with Crippen molar-refractivity contribution in [3.05, 3.63) is 53.9 Å². The Morgan fingerprint density at radius 2 is 1.65 bits per heavy atom. The van der Waals surface area contributed by atoms with Crippen LogP contribution in [0.3, 0.4) is 0 Å². The molecule has 0 bridgehead atoms. The largest absolute Gasteiger partial charge is 1.00 e. The van der Waals surface area contributed by atoms with Gasteiger partial charge in [-0.05, 0) is 23.3 Å². The molecule has 0 atom stereocenters. The van der Waals surface area contributed by atoms with Gasteiger partial charge in [0.1, 0.15) is 7.05 Å². The molecule has 4 nitrogen and oxygen atoms in total. The topological polar surface area (TPSA) is 64.8 Å². The second kappa shape index (κ2) is 8.55. The van der Waals surface area contributed by atoms with Gasteiger partial charge in [0.2, 0.25) is 0 Å². The molecule has 0 aliphatic heterocycles. The molecule has 20 heavy (non-hydrogen) atoms. The zero-order valence-corrected chi connectivity index (χ0v) is 13.5. The van der Waals surface area contributed by atoms with Gasteiger partial charge in [0.05, 0.1) is 7.11 Å². The van der Waals surface area contributed by atoms with Crippen LogP contribution in [0.1, 0.15) is 11.1 Å². The van der Waals surface area contributed by atoms with Crippen LogP contribution >= 0.6 is 0 Å². The Morgan fingerprint density at radius 3 is 2.20 bits per heavy atom. The molecule has 0 saturated carbocycles. The number of nitrogens with zero attached hydrogens (tertiary/aromatic N) is 1. The molecule has 0 spiro atoms. The van der Waals surface area contributed by atoms with Gasteiger partial charge in [0.15, 0.2) is 23.9 Å². The second-order valence-corrected chi connectivity index (χ2v) is 4.06. The lowest BCUT2D eigenvalue weighted by Gasteiger charge is -2.03. The van der Waals surface area contributed by atoms with Crippen molar-refractivity contribution < 1.29 is 43.9 Å². The van der Waals surface area contributed by atoms with Crippen molar-refractivity contribution in [3.8, 4) is 11.5 Å². The minimum absolute atomic E-state index is 0. The summed E-state index contributed by atoms with van der Waals surface area (Å²) in [6, 6.07) is 9.38. The van der Waals surface area contributed by atoms with Gasteiger partial charge in [-0.15, -0.1) is 0 Å². The molecule has 5 heteroatoms. The van der Waals surface area contributed by atoms with Crippen LogP contribution in [-0.4, -0.2) is 17.7 Å². The third-order valence-corrected chi connectivity index (χ3v) is 2.68. The predicted molar refractivity (Wildman–Crippen MR) is 74.8 cm³/mol. The molecule has 3 N–H and O–H groups in total. The number of benzene rings is 1. The van der Waals surface area contributed by atoms with Crippen LogP contribution in [0, 0.1) is 0 Å². The Balaban J connectivity index is 0.00000180. The van der Waals surface area contributed by atoms with Crippen LogP contribution in [0.15, 0.2) is 42.7 Å². The van der Waals surface area contributed by atoms with Crippen molar-refractivity contribution in [1.29, 1.82) is 0 Å². The summed E-state index contributed by atoms with van der Waals surface area (Å²) < 4.78 is 6.98. The molecular weight excluding hydrogens is 369 g/mol. The van der Waals surface area contributed by atoms with Gasteiger partial charge < -0.3 is 39.3 Å². The highest BCUT2D eigenvalue weighted by Crippen LogP contribution is 2.26. The van der Waals surface area contributed by atoms with Crippen LogP contribution in [0.5, 0.6) is 11.5 Å². The lowest BCUT2D eigenvalue weighted by atomic mass is 10.1. The summed E-state index contributed by atoms with van der Waals surface area (Å²) >= 11 is 0. The van der Waals surface area contributed by atoms with Crippen LogP contribution < -0.4 is 33.3 Å². The van der Waals surface area contributed by atoms with Crippen molar-refractivity contribution in [2.24, 2.45) is 7.05 Å². The summed E-state index contributed by atoms with van der Waals surface area (Å²) in [5.74, 6) is 0.637. The van der Waals surface area contributed by atoms with Gasteiger partial charge in [-0.2, -0.15) is 0 Å². The number of ether oxygens (including phenoxy) is 1. The molecule has 1 heterocycles. The molecule has 0 radical (unpaired) electrons. The quantitative estimate of drug-likeness (QED) is 0.519. The molecule has 108 valence electrons. The maximum atomic E-state index is 9.66. The van der Waals surface area contributed by atoms with Gasteiger partial charge in [-0.1, -0.05) is 18.2 Å². The van der Waals surface area contributed by atoms with Crippen LogP contribution in [-0.2, 0) is 7.05 Å². The van der Waals surface area contributed by atoms with E-state index in [0.717, 1.165) is 11.1 Å². The maximum absolute atomic E-state index is 9.66. The first-order chi connectivity index (χ1) is 8.69. The standard InChI is InChI=1S/C15H15NO2.HI.H2O/c1-16-9-7-12(8-10-16)3-4-13-5-6-15(18-2)14(17)11-13;;/h3-11H,1-2H3;1H;1H2/b4-3+;;. The van der Waals surface area contributed by atoms with E-state index in [4.69, 9.17) is 4.74 Å². The van der Waals surface area contributed by atoms with E-state index < -0.39 is 0 Å². The summed E-state index contributed by atoms with van der Waals surface area (Å²) in [5, 5.41) is 9.66. The molecule has 2 rings (SSSR count). The summed E-state index contributed by atoms with van der Waals surface area (Å²) in [4.78, 5) is 0. The minimum Gasteiger partial charge on any atom is -1.00 e. The molecule has 1 aromatic carbocycles. The summed E-state index contributed by atoms with van der Waals surface area (Å²) in [7, 11) is 3.52. The van der Waals surface area contributed by atoms with Crippen molar-refractivity contribution in [3.63, 3.8) is 0 Å². The number of phenols is 1. The zero-order valence-electron chi connectivity index (χ0n) is 11.4. The average Bonchev–Trinajstić information content (AvgIpc) is 2.38. The number of hydrogen-bond donors (Lipinski definition) is 1. The first-order valence-corrected chi connectivity index (χ1v) is 5.69. The smallest absolute Gasteiger partial charge is 0.169 e. The molecule has 0 unspecified atom stereocenters. The number of rotatable bonds is 3. The first-order valence-electron chi connectivity index (χ1n) is 5.69. The summed E-state index contributed by atoms with van der Waals surface area (Å²) in [6.45, 7) is 0. The van der Waals surface area contributed by atoms with E-state index in [-0.39, 0.29) is 35.2 Å². The fraction of sp³-hybridized carbons (Fsp3) is 0.133. The van der Waals surface area contributed by atoms with Crippen molar-refractivity contribution in [2.45, 2.75) is 0 Å². The second-order valence-electron chi connectivity index (χ2n) is 4.06. The Bertz CT molecular complexity index is 568. The Labute approximate surface area is 135 Å². The average molecular weight is 387 g/mol. The number of hydrogen-bond acceptors (Lipinski definition) is 2. The zero-order chi connectivity index (χ0) is 13.0. The number of aryl methyl sites for hydroxylation is 1. The third-order valence-electron chi connectivity index (χ3n) is 2.68. The number of halogens is 1. The van der Waals surface area contributed by atoms with E-state index in [9.17, 15) is 5.11 Å². The van der Waals surface area contributed by atoms with E-state index in [1.54, 1.807) is 12.1 Å². The number of methoxy groups -OCH3 is 1. The van der Waals surface area contributed by atoms with E-state index >= 15 is 0 Å². The fourth-order valence-electron chi connectivity index (χ4n) is 1.63. The molecule has 0 fully saturated rings. The highest BCUT2D eigenvalue weighted by molar-refractivity contribution is 5.70. The lowest BCUT2D eigenvalue weighted by Crippen LogP contribution is -3.00.